The summed E-state index contributed by atoms with van der Waals surface area (Å²) in [5.41, 5.74) is 0. The summed E-state index contributed by atoms with van der Waals surface area (Å²) in [5.74, 6) is 0. The van der Waals surface area contributed by atoms with Gasteiger partial charge in [-0.2, -0.15) is 13.2 Å². The standard InChI is InChI=1S/C8H13F3O/c1-2-3-6-12-7-4-5-8(9,10)11/h4,7H,2-3,5-6H2,1H3/b7-4+. The van der Waals surface area contributed by atoms with Gasteiger partial charge in [0.25, 0.3) is 0 Å². The summed E-state index contributed by atoms with van der Waals surface area (Å²) in [6.45, 7) is 2.48. The first-order valence-corrected chi connectivity index (χ1v) is 3.89. The second-order valence-corrected chi connectivity index (χ2v) is 2.42. The maximum Gasteiger partial charge on any atom is 0.392 e. The maximum absolute atomic E-state index is 11.5. The predicted molar refractivity (Wildman–Crippen MR) is 40.7 cm³/mol. The molecule has 0 aliphatic rings. The van der Waals surface area contributed by atoms with Gasteiger partial charge in [0.15, 0.2) is 0 Å². The molecule has 0 aromatic heterocycles. The maximum atomic E-state index is 11.5. The average molecular weight is 182 g/mol. The fraction of sp³-hybridized carbons (Fsp3) is 0.750. The van der Waals surface area contributed by atoms with E-state index in [4.69, 9.17) is 4.74 Å². The zero-order valence-corrected chi connectivity index (χ0v) is 7.03. The van der Waals surface area contributed by atoms with Crippen molar-refractivity contribution in [3.05, 3.63) is 12.3 Å². The molecule has 0 N–H and O–H groups in total. The summed E-state index contributed by atoms with van der Waals surface area (Å²) in [7, 11) is 0. The second kappa shape index (κ2) is 5.91. The second-order valence-electron chi connectivity index (χ2n) is 2.42. The number of hydrogen-bond donors (Lipinski definition) is 0. The number of halogens is 3. The number of rotatable bonds is 5. The Bertz CT molecular complexity index is 129. The first-order chi connectivity index (χ1) is 5.56. The van der Waals surface area contributed by atoms with Gasteiger partial charge in [0.1, 0.15) is 0 Å². The molecule has 0 aromatic carbocycles. The van der Waals surface area contributed by atoms with E-state index in [9.17, 15) is 13.2 Å². The van der Waals surface area contributed by atoms with Crippen molar-refractivity contribution < 1.29 is 17.9 Å². The Morgan fingerprint density at radius 1 is 1.33 bits per heavy atom. The first-order valence-electron chi connectivity index (χ1n) is 3.89. The van der Waals surface area contributed by atoms with Crippen molar-refractivity contribution >= 4 is 0 Å². The zero-order chi connectivity index (χ0) is 9.45. The highest BCUT2D eigenvalue weighted by Gasteiger charge is 2.24. The summed E-state index contributed by atoms with van der Waals surface area (Å²) in [6.07, 6.45) is -1.09. The molecule has 0 spiro atoms. The molecule has 4 heteroatoms. The molecule has 0 saturated heterocycles. The minimum absolute atomic E-state index is 0.491. The molecule has 0 atom stereocenters. The lowest BCUT2D eigenvalue weighted by molar-refractivity contribution is -0.125. The van der Waals surface area contributed by atoms with Crippen molar-refractivity contribution in [2.24, 2.45) is 0 Å². The van der Waals surface area contributed by atoms with E-state index in [1.807, 2.05) is 6.92 Å². The number of ether oxygens (including phenoxy) is 1. The molecule has 0 unspecified atom stereocenters. The predicted octanol–water partition coefficient (Wildman–Crippen LogP) is 3.27. The Kier molecular flexibility index (Phi) is 5.58. The van der Waals surface area contributed by atoms with E-state index < -0.39 is 12.6 Å². The molecule has 12 heavy (non-hydrogen) atoms. The number of alkyl halides is 3. The molecule has 0 fully saturated rings. The highest BCUT2D eigenvalue weighted by atomic mass is 19.4. The number of hydrogen-bond acceptors (Lipinski definition) is 1. The topological polar surface area (TPSA) is 9.23 Å². The van der Waals surface area contributed by atoms with E-state index in [1.54, 1.807) is 0 Å². The van der Waals surface area contributed by atoms with Crippen molar-refractivity contribution in [1.82, 2.24) is 0 Å². The minimum Gasteiger partial charge on any atom is -0.502 e. The third kappa shape index (κ3) is 9.33. The first kappa shape index (κ1) is 11.3. The van der Waals surface area contributed by atoms with Gasteiger partial charge in [-0.15, -0.1) is 0 Å². The molecular formula is C8H13F3O. The lowest BCUT2D eigenvalue weighted by atomic mass is 10.4. The van der Waals surface area contributed by atoms with E-state index in [0.29, 0.717) is 6.61 Å². The van der Waals surface area contributed by atoms with E-state index in [0.717, 1.165) is 25.2 Å². The average Bonchev–Trinajstić information content (AvgIpc) is 1.94. The van der Waals surface area contributed by atoms with Crippen LogP contribution in [0, 0.1) is 0 Å². The quantitative estimate of drug-likeness (QED) is 0.468. The Labute approximate surface area is 70.2 Å². The van der Waals surface area contributed by atoms with Crippen LogP contribution in [0.1, 0.15) is 26.2 Å². The van der Waals surface area contributed by atoms with Crippen molar-refractivity contribution in [2.75, 3.05) is 6.61 Å². The van der Waals surface area contributed by atoms with Crippen LogP contribution >= 0.6 is 0 Å². The van der Waals surface area contributed by atoms with Crippen molar-refractivity contribution in [1.29, 1.82) is 0 Å². The monoisotopic (exact) mass is 182 g/mol. The molecular weight excluding hydrogens is 169 g/mol. The van der Waals surface area contributed by atoms with Gasteiger partial charge in [0.2, 0.25) is 0 Å². The van der Waals surface area contributed by atoms with Gasteiger partial charge in [-0.3, -0.25) is 0 Å². The van der Waals surface area contributed by atoms with Gasteiger partial charge in [-0.05, 0) is 12.5 Å². The molecule has 0 bridgehead atoms. The van der Waals surface area contributed by atoms with E-state index in [1.165, 1.54) is 0 Å². The smallest absolute Gasteiger partial charge is 0.392 e. The molecule has 0 radical (unpaired) electrons. The van der Waals surface area contributed by atoms with Gasteiger partial charge in [-0.1, -0.05) is 13.3 Å². The van der Waals surface area contributed by atoms with E-state index in [2.05, 4.69) is 0 Å². The molecule has 72 valence electrons. The molecule has 0 amide bonds. The minimum atomic E-state index is -4.12. The normalized spacial score (nSPS) is 12.3. The zero-order valence-electron chi connectivity index (χ0n) is 7.03. The van der Waals surface area contributed by atoms with Gasteiger partial charge in [-0.25, -0.2) is 0 Å². The van der Waals surface area contributed by atoms with E-state index in [-0.39, 0.29) is 0 Å². The van der Waals surface area contributed by atoms with Crippen LogP contribution in [-0.2, 0) is 4.74 Å². The summed E-state index contributed by atoms with van der Waals surface area (Å²) in [6, 6.07) is 0. The number of unbranched alkanes of at least 4 members (excludes halogenated alkanes) is 1. The molecule has 0 aliphatic carbocycles. The number of allylic oxidation sites excluding steroid dienone is 1. The summed E-state index contributed by atoms with van der Waals surface area (Å²) in [4.78, 5) is 0. The lowest BCUT2D eigenvalue weighted by Crippen LogP contribution is -2.04. The fourth-order valence-electron chi connectivity index (χ4n) is 0.545. The third-order valence-electron chi connectivity index (χ3n) is 1.16. The van der Waals surface area contributed by atoms with Crippen LogP contribution in [0.4, 0.5) is 13.2 Å². The molecule has 0 rings (SSSR count). The highest BCUT2D eigenvalue weighted by molar-refractivity contribution is 4.76. The van der Waals surface area contributed by atoms with Crippen LogP contribution in [0.2, 0.25) is 0 Å². The van der Waals surface area contributed by atoms with Crippen LogP contribution < -0.4 is 0 Å². The Hall–Kier alpha value is -0.670. The molecule has 0 aromatic rings. The van der Waals surface area contributed by atoms with Crippen LogP contribution in [0.3, 0.4) is 0 Å². The van der Waals surface area contributed by atoms with Gasteiger partial charge < -0.3 is 4.74 Å². The SMILES string of the molecule is CCCCO/C=C/CC(F)(F)F. The van der Waals surface area contributed by atoms with Gasteiger partial charge >= 0.3 is 6.18 Å². The van der Waals surface area contributed by atoms with Crippen molar-refractivity contribution in [2.45, 2.75) is 32.4 Å². The van der Waals surface area contributed by atoms with Crippen molar-refractivity contribution in [3.8, 4) is 0 Å². The molecule has 0 aliphatic heterocycles. The van der Waals surface area contributed by atoms with E-state index >= 15 is 0 Å². The Morgan fingerprint density at radius 3 is 2.50 bits per heavy atom. The van der Waals surface area contributed by atoms with Crippen LogP contribution in [0.15, 0.2) is 12.3 Å². The van der Waals surface area contributed by atoms with Crippen LogP contribution in [0.5, 0.6) is 0 Å². The summed E-state index contributed by atoms with van der Waals surface area (Å²) in [5, 5.41) is 0. The highest BCUT2D eigenvalue weighted by Crippen LogP contribution is 2.19. The Morgan fingerprint density at radius 2 is 2.00 bits per heavy atom. The molecule has 0 saturated carbocycles. The lowest BCUT2D eigenvalue weighted by Gasteiger charge is -2.01. The molecule has 1 nitrogen and oxygen atoms in total. The van der Waals surface area contributed by atoms with Crippen molar-refractivity contribution in [3.63, 3.8) is 0 Å². The van der Waals surface area contributed by atoms with Gasteiger partial charge in [0.05, 0.1) is 19.3 Å². The third-order valence-corrected chi connectivity index (χ3v) is 1.16. The van der Waals surface area contributed by atoms with Gasteiger partial charge in [0, 0.05) is 0 Å². The largest absolute Gasteiger partial charge is 0.502 e. The fourth-order valence-corrected chi connectivity index (χ4v) is 0.545. The Balaban J connectivity index is 3.26. The summed E-state index contributed by atoms with van der Waals surface area (Å²) >= 11 is 0. The summed E-state index contributed by atoms with van der Waals surface area (Å²) < 4.78 is 39.4. The molecule has 0 heterocycles. The van der Waals surface area contributed by atoms with Crippen LogP contribution in [0.25, 0.3) is 0 Å². The van der Waals surface area contributed by atoms with Crippen LogP contribution in [-0.4, -0.2) is 12.8 Å².